The third-order valence-corrected chi connectivity index (χ3v) is 5.01. The van der Waals surface area contributed by atoms with Gasteiger partial charge in [-0.3, -0.25) is 9.20 Å². The molecule has 0 spiro atoms. The summed E-state index contributed by atoms with van der Waals surface area (Å²) >= 11 is 1.58. The van der Waals surface area contributed by atoms with Gasteiger partial charge in [-0.1, -0.05) is 18.2 Å². The monoisotopic (exact) mass is 393 g/mol. The van der Waals surface area contributed by atoms with Crippen molar-refractivity contribution in [1.82, 2.24) is 24.9 Å². The van der Waals surface area contributed by atoms with E-state index in [4.69, 9.17) is 4.74 Å². The number of ether oxygens (including phenoxy) is 1. The topological polar surface area (TPSA) is 81.4 Å². The molecule has 0 atom stereocenters. The van der Waals surface area contributed by atoms with E-state index in [9.17, 15) is 4.79 Å². The number of rotatable bonds is 7. The summed E-state index contributed by atoms with van der Waals surface area (Å²) in [7, 11) is 0. The van der Waals surface area contributed by atoms with Gasteiger partial charge in [0.15, 0.2) is 5.65 Å². The minimum absolute atomic E-state index is 0.182. The van der Waals surface area contributed by atoms with Gasteiger partial charge in [-0.2, -0.15) is 0 Å². The van der Waals surface area contributed by atoms with Gasteiger partial charge in [-0.25, -0.2) is 4.98 Å². The molecule has 7 nitrogen and oxygen atoms in total. The summed E-state index contributed by atoms with van der Waals surface area (Å²) < 4.78 is 7.74. The molecule has 3 aromatic heterocycles. The van der Waals surface area contributed by atoms with Crippen LogP contribution in [-0.4, -0.2) is 32.0 Å². The zero-order valence-corrected chi connectivity index (χ0v) is 16.1. The maximum atomic E-state index is 12.6. The highest BCUT2D eigenvalue weighted by molar-refractivity contribution is 7.09. The Morgan fingerprint density at radius 1 is 1.18 bits per heavy atom. The first-order chi connectivity index (χ1) is 13.7. The summed E-state index contributed by atoms with van der Waals surface area (Å²) in [6, 6.07) is 13.0. The van der Waals surface area contributed by atoms with Crippen molar-refractivity contribution in [3.8, 4) is 5.75 Å². The number of fused-ring (bicyclic) bond motifs is 1. The highest BCUT2D eigenvalue weighted by atomic mass is 32.1. The zero-order chi connectivity index (χ0) is 19.3. The molecule has 4 rings (SSSR count). The largest absolute Gasteiger partial charge is 0.486 e. The van der Waals surface area contributed by atoms with Crippen molar-refractivity contribution >= 4 is 22.9 Å². The molecule has 0 saturated heterocycles. The Kier molecular flexibility index (Phi) is 5.29. The van der Waals surface area contributed by atoms with Crippen molar-refractivity contribution in [3.63, 3.8) is 0 Å². The molecule has 0 bridgehead atoms. The molecule has 1 N–H and O–H groups in total. The zero-order valence-electron chi connectivity index (χ0n) is 15.3. The molecule has 0 radical (unpaired) electrons. The number of benzene rings is 1. The maximum absolute atomic E-state index is 12.6. The van der Waals surface area contributed by atoms with Gasteiger partial charge in [-0.05, 0) is 31.2 Å². The molecule has 1 amide bonds. The first-order valence-corrected chi connectivity index (χ1v) is 9.78. The van der Waals surface area contributed by atoms with Crippen LogP contribution in [0.5, 0.6) is 5.75 Å². The number of para-hydroxylation sites is 1. The molecule has 1 aromatic carbocycles. The van der Waals surface area contributed by atoms with Crippen molar-refractivity contribution in [1.29, 1.82) is 0 Å². The average Bonchev–Trinajstić information content (AvgIpc) is 3.33. The quantitative estimate of drug-likeness (QED) is 0.522. The Bertz CT molecular complexity index is 1100. The molecule has 3 heterocycles. The fourth-order valence-electron chi connectivity index (χ4n) is 2.85. The normalized spacial score (nSPS) is 10.9. The van der Waals surface area contributed by atoms with E-state index in [-0.39, 0.29) is 5.91 Å². The molecular formula is C20H19N5O2S. The number of aromatic nitrogens is 4. The van der Waals surface area contributed by atoms with E-state index in [2.05, 4.69) is 20.5 Å². The van der Waals surface area contributed by atoms with Gasteiger partial charge >= 0.3 is 0 Å². The number of thiazole rings is 1. The summed E-state index contributed by atoms with van der Waals surface area (Å²) in [4.78, 5) is 17.0. The SMILES string of the molecule is Cc1nc(COc2ccccc2C(=O)NCCc2nnc3ccccn23)cs1. The Labute approximate surface area is 166 Å². The number of nitrogens with zero attached hydrogens (tertiary/aromatic N) is 4. The minimum Gasteiger partial charge on any atom is -0.486 e. The molecule has 8 heteroatoms. The van der Waals surface area contributed by atoms with Crippen LogP contribution in [0, 0.1) is 6.92 Å². The van der Waals surface area contributed by atoms with E-state index in [0.29, 0.717) is 30.9 Å². The molecule has 0 unspecified atom stereocenters. The van der Waals surface area contributed by atoms with E-state index in [0.717, 1.165) is 22.2 Å². The first-order valence-electron chi connectivity index (χ1n) is 8.90. The number of aryl methyl sites for hydroxylation is 1. The number of carbonyl (C=O) groups excluding carboxylic acids is 1. The summed E-state index contributed by atoms with van der Waals surface area (Å²) in [6.45, 7) is 2.74. The van der Waals surface area contributed by atoms with Gasteiger partial charge < -0.3 is 10.1 Å². The molecule has 0 aliphatic carbocycles. The van der Waals surface area contributed by atoms with Crippen molar-refractivity contribution < 1.29 is 9.53 Å². The Hall–Kier alpha value is -3.26. The van der Waals surface area contributed by atoms with Crippen LogP contribution in [0.4, 0.5) is 0 Å². The first kappa shape index (κ1) is 18.1. The van der Waals surface area contributed by atoms with Crippen LogP contribution >= 0.6 is 11.3 Å². The molecule has 0 aliphatic heterocycles. The van der Waals surface area contributed by atoms with Crippen molar-refractivity contribution in [2.45, 2.75) is 20.0 Å². The lowest BCUT2D eigenvalue weighted by Crippen LogP contribution is -2.26. The van der Waals surface area contributed by atoms with Gasteiger partial charge in [0.1, 0.15) is 18.2 Å². The number of hydrogen-bond donors (Lipinski definition) is 1. The molecule has 0 saturated carbocycles. The lowest BCUT2D eigenvalue weighted by atomic mass is 10.2. The highest BCUT2D eigenvalue weighted by Gasteiger charge is 2.13. The Balaban J connectivity index is 1.38. The number of nitrogens with one attached hydrogen (secondary N) is 1. The van der Waals surface area contributed by atoms with Crippen LogP contribution in [0.1, 0.15) is 26.9 Å². The predicted molar refractivity (Wildman–Crippen MR) is 107 cm³/mol. The summed E-state index contributed by atoms with van der Waals surface area (Å²) in [5, 5.41) is 14.2. The van der Waals surface area contributed by atoms with Crippen molar-refractivity contribution in [3.05, 3.63) is 76.1 Å². The van der Waals surface area contributed by atoms with Crippen LogP contribution in [0.25, 0.3) is 5.65 Å². The lowest BCUT2D eigenvalue weighted by Gasteiger charge is -2.11. The van der Waals surface area contributed by atoms with Crippen LogP contribution in [-0.2, 0) is 13.0 Å². The Morgan fingerprint density at radius 2 is 2.04 bits per heavy atom. The number of hydrogen-bond acceptors (Lipinski definition) is 6. The van der Waals surface area contributed by atoms with Gasteiger partial charge in [0, 0.05) is 24.5 Å². The fourth-order valence-corrected chi connectivity index (χ4v) is 3.45. The van der Waals surface area contributed by atoms with E-state index >= 15 is 0 Å². The standard InChI is InChI=1S/C20H19N5O2S/c1-14-22-15(13-28-14)12-27-17-7-3-2-6-16(17)20(26)21-10-9-19-24-23-18-8-4-5-11-25(18)19/h2-8,11,13H,9-10,12H2,1H3,(H,21,26). The molecule has 0 fully saturated rings. The van der Waals surface area contributed by atoms with E-state index in [1.165, 1.54) is 0 Å². The Morgan fingerprint density at radius 3 is 2.89 bits per heavy atom. The maximum Gasteiger partial charge on any atom is 0.255 e. The molecule has 4 aromatic rings. The van der Waals surface area contributed by atoms with Crippen molar-refractivity contribution in [2.24, 2.45) is 0 Å². The molecular weight excluding hydrogens is 374 g/mol. The number of carbonyl (C=O) groups is 1. The number of amides is 1. The van der Waals surface area contributed by atoms with E-state index in [1.54, 1.807) is 23.5 Å². The van der Waals surface area contributed by atoms with Crippen molar-refractivity contribution in [2.75, 3.05) is 6.54 Å². The molecule has 28 heavy (non-hydrogen) atoms. The smallest absolute Gasteiger partial charge is 0.255 e. The average molecular weight is 393 g/mol. The third-order valence-electron chi connectivity index (χ3n) is 4.19. The van der Waals surface area contributed by atoms with Gasteiger partial charge in [0.05, 0.1) is 16.3 Å². The second-order valence-corrected chi connectivity index (χ2v) is 7.26. The van der Waals surface area contributed by atoms with Crippen LogP contribution < -0.4 is 10.1 Å². The third kappa shape index (κ3) is 4.01. The minimum atomic E-state index is -0.182. The molecule has 142 valence electrons. The summed E-state index contributed by atoms with van der Waals surface area (Å²) in [6.07, 6.45) is 2.49. The second-order valence-electron chi connectivity index (χ2n) is 6.19. The van der Waals surface area contributed by atoms with Crippen LogP contribution in [0.3, 0.4) is 0 Å². The van der Waals surface area contributed by atoms with E-state index < -0.39 is 0 Å². The van der Waals surface area contributed by atoms with E-state index in [1.807, 2.05) is 53.2 Å². The second kappa shape index (κ2) is 8.18. The summed E-state index contributed by atoms with van der Waals surface area (Å²) in [5.41, 5.74) is 2.15. The highest BCUT2D eigenvalue weighted by Crippen LogP contribution is 2.20. The van der Waals surface area contributed by atoms with Gasteiger partial charge in [-0.15, -0.1) is 21.5 Å². The lowest BCUT2D eigenvalue weighted by molar-refractivity contribution is 0.0949. The summed E-state index contributed by atoms with van der Waals surface area (Å²) in [5.74, 6) is 1.16. The fraction of sp³-hybridized carbons (Fsp3) is 0.200. The van der Waals surface area contributed by atoms with Crippen LogP contribution in [0.15, 0.2) is 54.0 Å². The van der Waals surface area contributed by atoms with Crippen LogP contribution in [0.2, 0.25) is 0 Å². The van der Waals surface area contributed by atoms with Gasteiger partial charge in [0.25, 0.3) is 5.91 Å². The number of pyridine rings is 1. The molecule has 0 aliphatic rings. The van der Waals surface area contributed by atoms with Gasteiger partial charge in [0.2, 0.25) is 0 Å². The predicted octanol–water partition coefficient (Wildman–Crippen LogP) is 3.05.